The fourth-order valence-corrected chi connectivity index (χ4v) is 1.70. The summed E-state index contributed by atoms with van der Waals surface area (Å²) >= 11 is 0. The first-order valence-electron chi connectivity index (χ1n) is 6.57. The second-order valence-corrected chi connectivity index (χ2v) is 5.02. The van der Waals surface area contributed by atoms with Gasteiger partial charge in [-0.15, -0.1) is 0 Å². The lowest BCUT2D eigenvalue weighted by Gasteiger charge is -2.04. The van der Waals surface area contributed by atoms with Crippen LogP contribution in [0, 0.1) is 11.7 Å². The first-order chi connectivity index (χ1) is 9.56. The zero-order valence-electron chi connectivity index (χ0n) is 11.5. The normalized spacial score (nSPS) is 10.8. The fraction of sp³-hybridized carbons (Fsp3) is 0.333. The third-order valence-electron chi connectivity index (χ3n) is 2.88. The van der Waals surface area contributed by atoms with Gasteiger partial charge in [0.2, 0.25) is 0 Å². The Balaban J connectivity index is 2.01. The van der Waals surface area contributed by atoms with Crippen LogP contribution in [0.1, 0.15) is 30.8 Å². The van der Waals surface area contributed by atoms with E-state index in [1.165, 1.54) is 12.1 Å². The zero-order chi connectivity index (χ0) is 14.5. The fourth-order valence-electron chi connectivity index (χ4n) is 1.70. The van der Waals surface area contributed by atoms with Crippen LogP contribution in [0.5, 0.6) is 0 Å². The molecule has 2 rings (SSSR count). The van der Waals surface area contributed by atoms with Gasteiger partial charge in [0, 0.05) is 18.2 Å². The Morgan fingerprint density at radius 2 is 2.05 bits per heavy atom. The van der Waals surface area contributed by atoms with Gasteiger partial charge >= 0.3 is 0 Å². The smallest absolute Gasteiger partial charge is 0.273 e. The van der Waals surface area contributed by atoms with E-state index in [0.717, 1.165) is 6.42 Å². The molecule has 0 saturated heterocycles. The van der Waals surface area contributed by atoms with Gasteiger partial charge in [-0.3, -0.25) is 4.79 Å². The molecule has 106 valence electrons. The van der Waals surface area contributed by atoms with E-state index in [9.17, 15) is 9.18 Å². The summed E-state index contributed by atoms with van der Waals surface area (Å²) in [5.41, 5.74) is 0.910. The van der Waals surface area contributed by atoms with Crippen molar-refractivity contribution < 1.29 is 13.7 Å². The predicted molar refractivity (Wildman–Crippen MR) is 73.7 cm³/mol. The van der Waals surface area contributed by atoms with Crippen molar-refractivity contribution in [2.45, 2.75) is 20.3 Å². The van der Waals surface area contributed by atoms with Gasteiger partial charge < -0.3 is 9.84 Å². The number of hydrogen-bond acceptors (Lipinski definition) is 3. The molecule has 4 nitrogen and oxygen atoms in total. The van der Waals surface area contributed by atoms with Crippen LogP contribution < -0.4 is 5.32 Å². The van der Waals surface area contributed by atoms with E-state index >= 15 is 0 Å². The molecule has 0 unspecified atom stereocenters. The molecule has 5 heteroatoms. The van der Waals surface area contributed by atoms with Gasteiger partial charge in [0.1, 0.15) is 5.82 Å². The van der Waals surface area contributed by atoms with Gasteiger partial charge in [0.25, 0.3) is 5.91 Å². The highest BCUT2D eigenvalue weighted by molar-refractivity contribution is 5.93. The highest BCUT2D eigenvalue weighted by atomic mass is 19.1. The van der Waals surface area contributed by atoms with Crippen molar-refractivity contribution in [2.75, 3.05) is 6.54 Å². The SMILES string of the molecule is CC(C)CCNC(=O)c1cc(-c2ccc(F)cc2)on1. The van der Waals surface area contributed by atoms with Gasteiger partial charge in [-0.2, -0.15) is 0 Å². The molecule has 0 aliphatic carbocycles. The quantitative estimate of drug-likeness (QED) is 0.912. The minimum Gasteiger partial charge on any atom is -0.355 e. The first-order valence-corrected chi connectivity index (χ1v) is 6.57. The second kappa shape index (κ2) is 6.32. The maximum absolute atomic E-state index is 12.8. The molecule has 0 aliphatic heterocycles. The number of carbonyl (C=O) groups excluding carboxylic acids is 1. The average molecular weight is 276 g/mol. The number of hydrogen-bond donors (Lipinski definition) is 1. The molecule has 1 N–H and O–H groups in total. The van der Waals surface area contributed by atoms with E-state index in [2.05, 4.69) is 24.3 Å². The number of aromatic nitrogens is 1. The number of nitrogens with one attached hydrogen (secondary N) is 1. The molecule has 0 saturated carbocycles. The molecule has 2 aromatic rings. The molecule has 0 bridgehead atoms. The summed E-state index contributed by atoms with van der Waals surface area (Å²) in [5.74, 6) is 0.393. The number of rotatable bonds is 5. The summed E-state index contributed by atoms with van der Waals surface area (Å²) in [5, 5.41) is 6.51. The summed E-state index contributed by atoms with van der Waals surface area (Å²) in [6.07, 6.45) is 0.911. The van der Waals surface area contributed by atoms with Gasteiger partial charge in [-0.25, -0.2) is 4.39 Å². The predicted octanol–water partition coefficient (Wildman–Crippen LogP) is 3.26. The van der Waals surface area contributed by atoms with Gasteiger partial charge in [-0.1, -0.05) is 19.0 Å². The van der Waals surface area contributed by atoms with Crippen molar-refractivity contribution in [1.29, 1.82) is 0 Å². The molecule has 20 heavy (non-hydrogen) atoms. The van der Waals surface area contributed by atoms with Crippen LogP contribution in [0.4, 0.5) is 4.39 Å². The topological polar surface area (TPSA) is 55.1 Å². The number of halogens is 1. The van der Waals surface area contributed by atoms with Crippen LogP contribution in [-0.2, 0) is 0 Å². The Kier molecular flexibility index (Phi) is 4.50. The minimum absolute atomic E-state index is 0.230. The average Bonchev–Trinajstić information content (AvgIpc) is 2.88. The molecule has 0 atom stereocenters. The molecule has 1 aromatic carbocycles. The molecule has 1 aromatic heterocycles. The van der Waals surface area contributed by atoms with E-state index in [1.54, 1.807) is 18.2 Å². The lowest BCUT2D eigenvalue weighted by Crippen LogP contribution is -2.25. The lowest BCUT2D eigenvalue weighted by atomic mass is 10.1. The Morgan fingerprint density at radius 1 is 1.35 bits per heavy atom. The maximum Gasteiger partial charge on any atom is 0.273 e. The molecule has 0 radical (unpaired) electrons. The van der Waals surface area contributed by atoms with Crippen LogP contribution in [0.15, 0.2) is 34.9 Å². The standard InChI is InChI=1S/C15H17FN2O2/c1-10(2)7-8-17-15(19)13-9-14(20-18-13)11-3-5-12(16)6-4-11/h3-6,9-10H,7-8H2,1-2H3,(H,17,19). The minimum atomic E-state index is -0.320. The highest BCUT2D eigenvalue weighted by Gasteiger charge is 2.13. The van der Waals surface area contributed by atoms with Crippen LogP contribution in [0.2, 0.25) is 0 Å². The van der Waals surface area contributed by atoms with Crippen molar-refractivity contribution >= 4 is 5.91 Å². The highest BCUT2D eigenvalue weighted by Crippen LogP contribution is 2.20. The van der Waals surface area contributed by atoms with Gasteiger partial charge in [-0.05, 0) is 36.6 Å². The molecule has 0 aliphatic rings. The third-order valence-corrected chi connectivity index (χ3v) is 2.88. The Bertz CT molecular complexity index is 576. The van der Waals surface area contributed by atoms with Crippen molar-refractivity contribution in [3.05, 3.63) is 41.8 Å². The first kappa shape index (κ1) is 14.2. The van der Waals surface area contributed by atoms with Crippen LogP contribution in [-0.4, -0.2) is 17.6 Å². The van der Waals surface area contributed by atoms with E-state index in [0.29, 0.717) is 23.8 Å². The molecule has 1 heterocycles. The summed E-state index contributed by atoms with van der Waals surface area (Å²) in [7, 11) is 0. The van der Waals surface area contributed by atoms with Crippen molar-refractivity contribution in [3.8, 4) is 11.3 Å². The molecule has 1 amide bonds. The number of amides is 1. The van der Waals surface area contributed by atoms with Gasteiger partial charge in [0.15, 0.2) is 11.5 Å². The summed E-state index contributed by atoms with van der Waals surface area (Å²) < 4.78 is 17.9. The number of nitrogens with zero attached hydrogens (tertiary/aromatic N) is 1. The van der Waals surface area contributed by atoms with E-state index in [1.807, 2.05) is 0 Å². The van der Waals surface area contributed by atoms with Crippen molar-refractivity contribution in [2.24, 2.45) is 5.92 Å². The summed E-state index contributed by atoms with van der Waals surface area (Å²) in [6, 6.07) is 7.38. The van der Waals surface area contributed by atoms with E-state index in [4.69, 9.17) is 4.52 Å². The van der Waals surface area contributed by atoms with Crippen LogP contribution in [0.3, 0.4) is 0 Å². The van der Waals surface area contributed by atoms with Gasteiger partial charge in [0.05, 0.1) is 0 Å². The molecule has 0 fully saturated rings. The number of carbonyl (C=O) groups is 1. The molecular weight excluding hydrogens is 259 g/mol. The zero-order valence-corrected chi connectivity index (χ0v) is 11.5. The second-order valence-electron chi connectivity index (χ2n) is 5.02. The molecule has 0 spiro atoms. The van der Waals surface area contributed by atoms with E-state index < -0.39 is 0 Å². The Labute approximate surface area is 117 Å². The van der Waals surface area contributed by atoms with Crippen LogP contribution in [0.25, 0.3) is 11.3 Å². The molecular formula is C15H17FN2O2. The lowest BCUT2D eigenvalue weighted by molar-refractivity contribution is 0.0943. The van der Waals surface area contributed by atoms with Crippen LogP contribution >= 0.6 is 0 Å². The maximum atomic E-state index is 12.8. The Morgan fingerprint density at radius 3 is 2.70 bits per heavy atom. The largest absolute Gasteiger partial charge is 0.355 e. The number of benzene rings is 1. The monoisotopic (exact) mass is 276 g/mol. The Hall–Kier alpha value is -2.17. The third kappa shape index (κ3) is 3.66. The summed E-state index contributed by atoms with van der Waals surface area (Å²) in [6.45, 7) is 4.79. The summed E-state index contributed by atoms with van der Waals surface area (Å²) in [4.78, 5) is 11.8. The van der Waals surface area contributed by atoms with E-state index in [-0.39, 0.29) is 17.4 Å². The van der Waals surface area contributed by atoms with Crippen molar-refractivity contribution in [1.82, 2.24) is 10.5 Å². The van der Waals surface area contributed by atoms with Crippen molar-refractivity contribution in [3.63, 3.8) is 0 Å².